The predicted molar refractivity (Wildman–Crippen MR) is 58.6 cm³/mol. The van der Waals surface area contributed by atoms with E-state index in [1.807, 2.05) is 13.8 Å². The van der Waals surface area contributed by atoms with E-state index in [1.54, 1.807) is 0 Å². The van der Waals surface area contributed by atoms with Crippen molar-refractivity contribution < 1.29 is 14.0 Å². The van der Waals surface area contributed by atoms with Crippen LogP contribution in [0.3, 0.4) is 0 Å². The molecule has 0 bridgehead atoms. The number of hydrogen-bond acceptors (Lipinski definition) is 3. The molecule has 1 N–H and O–H groups in total. The second-order valence-electron chi connectivity index (χ2n) is 4.35. The fraction of sp³-hybridized carbons (Fsp3) is 0.500. The van der Waals surface area contributed by atoms with Crippen LogP contribution in [-0.2, 0) is 6.42 Å². The number of ketones is 1. The van der Waals surface area contributed by atoms with Gasteiger partial charge in [0.25, 0.3) is 5.91 Å². The van der Waals surface area contributed by atoms with Gasteiger partial charge in [0.05, 0.1) is 11.1 Å². The molecule has 0 atom stereocenters. The van der Waals surface area contributed by atoms with Crippen LogP contribution < -0.4 is 5.32 Å². The molecule has 0 fully saturated rings. The van der Waals surface area contributed by atoms with Gasteiger partial charge < -0.3 is 9.73 Å². The fourth-order valence-electron chi connectivity index (χ4n) is 1.93. The first-order valence-corrected chi connectivity index (χ1v) is 5.54. The normalized spacial score (nSPS) is 15.1. The lowest BCUT2D eigenvalue weighted by Crippen LogP contribution is -2.31. The molecule has 0 saturated heterocycles. The Hall–Kier alpha value is -1.58. The number of furan rings is 1. The first-order valence-electron chi connectivity index (χ1n) is 5.54. The Morgan fingerprint density at radius 2 is 2.19 bits per heavy atom. The zero-order chi connectivity index (χ0) is 11.7. The Bertz CT molecular complexity index is 431. The lowest BCUT2D eigenvalue weighted by Gasteiger charge is -2.11. The van der Waals surface area contributed by atoms with E-state index in [9.17, 15) is 9.59 Å². The number of fused-ring (bicyclic) bond motifs is 1. The molecule has 16 heavy (non-hydrogen) atoms. The van der Waals surface area contributed by atoms with Gasteiger partial charge in [0, 0.05) is 18.9 Å². The molecule has 0 unspecified atom stereocenters. The number of amides is 1. The summed E-state index contributed by atoms with van der Waals surface area (Å²) in [6, 6.07) is 0.0525. The van der Waals surface area contributed by atoms with E-state index in [1.165, 1.54) is 6.26 Å². The Morgan fingerprint density at radius 1 is 1.44 bits per heavy atom. The van der Waals surface area contributed by atoms with E-state index in [0.29, 0.717) is 23.3 Å². The van der Waals surface area contributed by atoms with Crippen molar-refractivity contribution >= 4 is 11.7 Å². The minimum Gasteiger partial charge on any atom is -0.468 e. The van der Waals surface area contributed by atoms with E-state index in [-0.39, 0.29) is 17.7 Å². The summed E-state index contributed by atoms with van der Waals surface area (Å²) in [4.78, 5) is 23.5. The molecule has 1 amide bonds. The Labute approximate surface area is 94.0 Å². The number of carbonyl (C=O) groups excluding carboxylic acids is 2. The third-order valence-electron chi connectivity index (χ3n) is 2.62. The highest BCUT2D eigenvalue weighted by atomic mass is 16.3. The van der Waals surface area contributed by atoms with Crippen LogP contribution in [0.5, 0.6) is 0 Å². The van der Waals surface area contributed by atoms with Crippen LogP contribution in [0.4, 0.5) is 0 Å². The van der Waals surface area contributed by atoms with E-state index >= 15 is 0 Å². The van der Waals surface area contributed by atoms with Gasteiger partial charge in [-0.2, -0.15) is 0 Å². The van der Waals surface area contributed by atoms with Crippen LogP contribution in [0.2, 0.25) is 0 Å². The van der Waals surface area contributed by atoms with Crippen molar-refractivity contribution in [2.24, 2.45) is 0 Å². The van der Waals surface area contributed by atoms with Crippen molar-refractivity contribution in [3.8, 4) is 0 Å². The monoisotopic (exact) mass is 221 g/mol. The molecule has 1 aliphatic rings. The van der Waals surface area contributed by atoms with E-state index in [4.69, 9.17) is 4.42 Å². The number of aryl methyl sites for hydroxylation is 1. The molecule has 86 valence electrons. The summed E-state index contributed by atoms with van der Waals surface area (Å²) in [6.07, 6.45) is 3.46. The molecule has 1 heterocycles. The largest absolute Gasteiger partial charge is 0.468 e. The highest BCUT2D eigenvalue weighted by Crippen LogP contribution is 2.26. The standard InChI is InChI=1S/C12H15NO3/c1-7(2)13-12(15)8-6-16-10-5-3-4-9(14)11(8)10/h6-7H,3-5H2,1-2H3,(H,13,15). The summed E-state index contributed by atoms with van der Waals surface area (Å²) < 4.78 is 5.28. The van der Waals surface area contributed by atoms with Gasteiger partial charge in [-0.05, 0) is 20.3 Å². The number of carbonyl (C=O) groups is 2. The van der Waals surface area contributed by atoms with Crippen molar-refractivity contribution in [1.29, 1.82) is 0 Å². The van der Waals surface area contributed by atoms with E-state index < -0.39 is 0 Å². The maximum Gasteiger partial charge on any atom is 0.255 e. The molecule has 0 aliphatic heterocycles. The van der Waals surface area contributed by atoms with Crippen LogP contribution in [0.15, 0.2) is 10.7 Å². The number of hydrogen-bond donors (Lipinski definition) is 1. The van der Waals surface area contributed by atoms with E-state index in [2.05, 4.69) is 5.32 Å². The third kappa shape index (κ3) is 1.87. The Kier molecular flexibility index (Phi) is 2.81. The summed E-state index contributed by atoms with van der Waals surface area (Å²) in [7, 11) is 0. The fourth-order valence-corrected chi connectivity index (χ4v) is 1.93. The van der Waals surface area contributed by atoms with Gasteiger partial charge in [0.1, 0.15) is 12.0 Å². The Balaban J connectivity index is 2.32. The molecule has 4 heteroatoms. The van der Waals surface area contributed by atoms with Crippen molar-refractivity contribution in [3.05, 3.63) is 23.2 Å². The van der Waals surface area contributed by atoms with Crippen molar-refractivity contribution in [2.45, 2.75) is 39.2 Å². The molecular weight excluding hydrogens is 206 g/mol. The van der Waals surface area contributed by atoms with E-state index in [0.717, 1.165) is 12.8 Å². The third-order valence-corrected chi connectivity index (χ3v) is 2.62. The van der Waals surface area contributed by atoms with Crippen molar-refractivity contribution in [2.75, 3.05) is 0 Å². The van der Waals surface area contributed by atoms with Gasteiger partial charge in [-0.3, -0.25) is 9.59 Å². The molecule has 0 spiro atoms. The average Bonchev–Trinajstić information content (AvgIpc) is 2.61. The van der Waals surface area contributed by atoms with Crippen LogP contribution in [0.25, 0.3) is 0 Å². The molecule has 1 aromatic rings. The smallest absolute Gasteiger partial charge is 0.255 e. The predicted octanol–water partition coefficient (Wildman–Crippen LogP) is 1.94. The summed E-state index contributed by atoms with van der Waals surface area (Å²) in [5.41, 5.74) is 0.873. The summed E-state index contributed by atoms with van der Waals surface area (Å²) in [6.45, 7) is 3.76. The second-order valence-corrected chi connectivity index (χ2v) is 4.35. The zero-order valence-electron chi connectivity index (χ0n) is 9.50. The minimum absolute atomic E-state index is 0.0175. The van der Waals surface area contributed by atoms with Gasteiger partial charge in [-0.1, -0.05) is 0 Å². The number of nitrogens with one attached hydrogen (secondary N) is 1. The molecule has 2 rings (SSSR count). The summed E-state index contributed by atoms with van der Waals surface area (Å²) >= 11 is 0. The highest BCUT2D eigenvalue weighted by Gasteiger charge is 2.27. The molecule has 0 aromatic carbocycles. The van der Waals surface area contributed by atoms with Gasteiger partial charge >= 0.3 is 0 Å². The first-order chi connectivity index (χ1) is 7.59. The lowest BCUT2D eigenvalue weighted by molar-refractivity contribution is 0.0920. The molecule has 1 aliphatic carbocycles. The second kappa shape index (κ2) is 4.12. The topological polar surface area (TPSA) is 59.3 Å². The van der Waals surface area contributed by atoms with Crippen LogP contribution >= 0.6 is 0 Å². The first kappa shape index (κ1) is 10.9. The number of Topliss-reactive ketones (excluding diaryl/α,β-unsaturated/α-hetero) is 1. The maximum atomic E-state index is 11.8. The van der Waals surface area contributed by atoms with Gasteiger partial charge in [-0.25, -0.2) is 0 Å². The number of rotatable bonds is 2. The van der Waals surface area contributed by atoms with Crippen LogP contribution in [0, 0.1) is 0 Å². The van der Waals surface area contributed by atoms with Gasteiger partial charge in [0.2, 0.25) is 0 Å². The minimum atomic E-state index is -0.227. The molecule has 0 radical (unpaired) electrons. The van der Waals surface area contributed by atoms with Gasteiger partial charge in [0.15, 0.2) is 5.78 Å². The van der Waals surface area contributed by atoms with Crippen molar-refractivity contribution in [1.82, 2.24) is 5.32 Å². The molecule has 4 nitrogen and oxygen atoms in total. The lowest BCUT2D eigenvalue weighted by atomic mass is 9.94. The van der Waals surface area contributed by atoms with Crippen LogP contribution in [-0.4, -0.2) is 17.7 Å². The van der Waals surface area contributed by atoms with Crippen molar-refractivity contribution in [3.63, 3.8) is 0 Å². The average molecular weight is 221 g/mol. The Morgan fingerprint density at radius 3 is 2.88 bits per heavy atom. The summed E-state index contributed by atoms with van der Waals surface area (Å²) in [5, 5.41) is 2.76. The summed E-state index contributed by atoms with van der Waals surface area (Å²) in [5.74, 6) is 0.448. The van der Waals surface area contributed by atoms with Crippen LogP contribution in [0.1, 0.15) is 53.2 Å². The molecule has 0 saturated carbocycles. The molecule has 1 aromatic heterocycles. The quantitative estimate of drug-likeness (QED) is 0.830. The maximum absolute atomic E-state index is 11.8. The van der Waals surface area contributed by atoms with Gasteiger partial charge in [-0.15, -0.1) is 0 Å². The molecular formula is C12H15NO3. The zero-order valence-corrected chi connectivity index (χ0v) is 9.50. The highest BCUT2D eigenvalue weighted by molar-refractivity contribution is 6.09. The SMILES string of the molecule is CC(C)NC(=O)c1coc2c1C(=O)CCC2.